The molecular weight excluding hydrogens is 336 g/mol. The fraction of sp³-hybridized carbons (Fsp3) is 0.533. The number of para-hydroxylation sites is 1. The standard InChI is InChI=1S/C15H22N2O6S/c1-11(2)9-13(15(18)19)10-16-24(22,23)8-7-12-5-3-4-6-14(12)17(20)21/h3-6,11,13,16H,7-10H2,1-2H3,(H,18,19). The predicted octanol–water partition coefficient (Wildman–Crippen LogP) is 1.80. The second-order valence-corrected chi connectivity index (χ2v) is 7.89. The molecule has 1 rings (SSSR count). The quantitative estimate of drug-likeness (QED) is 0.485. The van der Waals surface area contributed by atoms with Gasteiger partial charge in [-0.15, -0.1) is 0 Å². The van der Waals surface area contributed by atoms with E-state index >= 15 is 0 Å². The topological polar surface area (TPSA) is 127 Å². The molecule has 0 bridgehead atoms. The number of aliphatic carboxylic acids is 1. The van der Waals surface area contributed by atoms with E-state index in [1.54, 1.807) is 6.07 Å². The third kappa shape index (κ3) is 6.63. The van der Waals surface area contributed by atoms with Gasteiger partial charge in [0.05, 0.1) is 16.6 Å². The van der Waals surface area contributed by atoms with Gasteiger partial charge >= 0.3 is 5.97 Å². The summed E-state index contributed by atoms with van der Waals surface area (Å²) in [6.07, 6.45) is 0.344. The highest BCUT2D eigenvalue weighted by Crippen LogP contribution is 2.18. The van der Waals surface area contributed by atoms with Crippen LogP contribution in [-0.2, 0) is 21.2 Å². The minimum atomic E-state index is -3.72. The van der Waals surface area contributed by atoms with E-state index in [2.05, 4.69) is 4.72 Å². The van der Waals surface area contributed by atoms with Crippen molar-refractivity contribution < 1.29 is 23.2 Å². The summed E-state index contributed by atoms with van der Waals surface area (Å²) < 4.78 is 26.3. The normalized spacial score (nSPS) is 13.0. The van der Waals surface area contributed by atoms with E-state index in [1.165, 1.54) is 18.2 Å². The van der Waals surface area contributed by atoms with Crippen molar-refractivity contribution in [2.45, 2.75) is 26.7 Å². The minimum Gasteiger partial charge on any atom is -0.481 e. The number of nitrogens with zero attached hydrogens (tertiary/aromatic N) is 1. The summed E-state index contributed by atoms with van der Waals surface area (Å²) in [4.78, 5) is 21.5. The lowest BCUT2D eigenvalue weighted by molar-refractivity contribution is -0.385. The molecule has 0 saturated heterocycles. The van der Waals surface area contributed by atoms with Crippen LogP contribution in [0, 0.1) is 22.0 Å². The van der Waals surface area contributed by atoms with Gasteiger partial charge in [-0.05, 0) is 18.8 Å². The van der Waals surface area contributed by atoms with E-state index < -0.39 is 26.8 Å². The highest BCUT2D eigenvalue weighted by Gasteiger charge is 2.22. The van der Waals surface area contributed by atoms with Gasteiger partial charge in [-0.3, -0.25) is 14.9 Å². The summed E-state index contributed by atoms with van der Waals surface area (Å²) >= 11 is 0. The fourth-order valence-corrected chi connectivity index (χ4v) is 3.37. The molecule has 0 aliphatic heterocycles. The maximum absolute atomic E-state index is 12.0. The Balaban J connectivity index is 2.67. The van der Waals surface area contributed by atoms with Crippen molar-refractivity contribution in [3.8, 4) is 0 Å². The number of nitro groups is 1. The van der Waals surface area contributed by atoms with E-state index in [0.717, 1.165) is 0 Å². The number of rotatable bonds is 10. The van der Waals surface area contributed by atoms with Gasteiger partial charge in [0.25, 0.3) is 5.69 Å². The van der Waals surface area contributed by atoms with Crippen LogP contribution in [-0.4, -0.2) is 36.7 Å². The zero-order valence-electron chi connectivity index (χ0n) is 13.6. The highest BCUT2D eigenvalue weighted by molar-refractivity contribution is 7.89. The molecule has 1 aromatic carbocycles. The summed E-state index contributed by atoms with van der Waals surface area (Å²) in [6, 6.07) is 5.94. The Bertz CT molecular complexity index is 687. The molecule has 2 N–H and O–H groups in total. The summed E-state index contributed by atoms with van der Waals surface area (Å²) in [6.45, 7) is 3.53. The van der Waals surface area contributed by atoms with Crippen LogP contribution in [0.3, 0.4) is 0 Å². The molecule has 0 fully saturated rings. The number of aryl methyl sites for hydroxylation is 1. The number of nitrogens with one attached hydrogen (secondary N) is 1. The monoisotopic (exact) mass is 358 g/mol. The first-order valence-corrected chi connectivity index (χ1v) is 9.20. The lowest BCUT2D eigenvalue weighted by atomic mass is 9.98. The van der Waals surface area contributed by atoms with Gasteiger partial charge < -0.3 is 5.11 Å². The van der Waals surface area contributed by atoms with Crippen LogP contribution in [0.15, 0.2) is 24.3 Å². The maximum atomic E-state index is 12.0. The molecule has 0 radical (unpaired) electrons. The van der Waals surface area contributed by atoms with Gasteiger partial charge in [0.1, 0.15) is 0 Å². The number of benzene rings is 1. The van der Waals surface area contributed by atoms with Crippen molar-refractivity contribution in [2.24, 2.45) is 11.8 Å². The van der Waals surface area contributed by atoms with Crippen LogP contribution in [0.4, 0.5) is 5.69 Å². The van der Waals surface area contributed by atoms with Gasteiger partial charge in [-0.2, -0.15) is 0 Å². The molecular formula is C15H22N2O6S. The third-order valence-electron chi connectivity index (χ3n) is 3.48. The first kappa shape index (κ1) is 20.0. The molecule has 0 spiro atoms. The smallest absolute Gasteiger partial charge is 0.307 e. The van der Waals surface area contributed by atoms with Gasteiger partial charge in [0.15, 0.2) is 0 Å². The largest absolute Gasteiger partial charge is 0.481 e. The number of carbonyl (C=O) groups is 1. The number of nitro benzene ring substituents is 1. The Morgan fingerprint density at radius 3 is 2.50 bits per heavy atom. The van der Waals surface area contributed by atoms with E-state index in [1.807, 2.05) is 13.8 Å². The Morgan fingerprint density at radius 2 is 1.96 bits per heavy atom. The zero-order chi connectivity index (χ0) is 18.3. The molecule has 1 unspecified atom stereocenters. The molecule has 24 heavy (non-hydrogen) atoms. The lowest BCUT2D eigenvalue weighted by Gasteiger charge is -2.15. The van der Waals surface area contributed by atoms with Gasteiger partial charge in [0.2, 0.25) is 10.0 Å². The highest BCUT2D eigenvalue weighted by atomic mass is 32.2. The zero-order valence-corrected chi connectivity index (χ0v) is 14.5. The summed E-state index contributed by atoms with van der Waals surface area (Å²) in [7, 11) is -3.72. The second-order valence-electron chi connectivity index (χ2n) is 5.97. The van der Waals surface area contributed by atoms with E-state index in [9.17, 15) is 23.3 Å². The van der Waals surface area contributed by atoms with Crippen LogP contribution in [0.25, 0.3) is 0 Å². The number of carboxylic acids is 1. The summed E-state index contributed by atoms with van der Waals surface area (Å²) in [5, 5.41) is 20.0. The Labute approximate surface area is 141 Å². The summed E-state index contributed by atoms with van der Waals surface area (Å²) in [5.74, 6) is -2.07. The molecule has 0 saturated carbocycles. The number of sulfonamides is 1. The second kappa shape index (κ2) is 8.74. The molecule has 8 nitrogen and oxygen atoms in total. The lowest BCUT2D eigenvalue weighted by Crippen LogP contribution is -2.35. The Morgan fingerprint density at radius 1 is 1.33 bits per heavy atom. The summed E-state index contributed by atoms with van der Waals surface area (Å²) in [5.41, 5.74) is 0.195. The molecule has 0 aromatic heterocycles. The molecule has 134 valence electrons. The van der Waals surface area contributed by atoms with Crippen molar-refractivity contribution in [3.05, 3.63) is 39.9 Å². The number of hydrogen-bond donors (Lipinski definition) is 2. The minimum absolute atomic E-state index is 0.0194. The van der Waals surface area contributed by atoms with Crippen LogP contribution >= 0.6 is 0 Å². The van der Waals surface area contributed by atoms with Crippen molar-refractivity contribution in [1.82, 2.24) is 4.72 Å². The van der Waals surface area contributed by atoms with E-state index in [0.29, 0.717) is 12.0 Å². The fourth-order valence-electron chi connectivity index (χ4n) is 2.28. The molecule has 1 atom stereocenters. The van der Waals surface area contributed by atoms with Crippen LogP contribution in [0.1, 0.15) is 25.8 Å². The van der Waals surface area contributed by atoms with Crippen LogP contribution in [0.5, 0.6) is 0 Å². The molecule has 0 aliphatic rings. The average Bonchev–Trinajstić information content (AvgIpc) is 2.49. The molecule has 0 aliphatic carbocycles. The Kier molecular flexibility index (Phi) is 7.30. The van der Waals surface area contributed by atoms with Crippen molar-refractivity contribution in [3.63, 3.8) is 0 Å². The Hall–Kier alpha value is -2.00. The predicted molar refractivity (Wildman–Crippen MR) is 89.2 cm³/mol. The van der Waals surface area contributed by atoms with Crippen LogP contribution < -0.4 is 4.72 Å². The molecule has 1 aromatic rings. The number of hydrogen-bond acceptors (Lipinski definition) is 5. The third-order valence-corrected chi connectivity index (χ3v) is 4.83. The molecule has 0 heterocycles. The maximum Gasteiger partial charge on any atom is 0.307 e. The van der Waals surface area contributed by atoms with Crippen molar-refractivity contribution in [1.29, 1.82) is 0 Å². The number of carboxylic acid groups (broad SMARTS) is 1. The molecule has 0 amide bonds. The van der Waals surface area contributed by atoms with E-state index in [4.69, 9.17) is 5.11 Å². The van der Waals surface area contributed by atoms with Gasteiger partial charge in [-0.25, -0.2) is 13.1 Å². The van der Waals surface area contributed by atoms with Gasteiger partial charge in [0, 0.05) is 18.2 Å². The first-order chi connectivity index (χ1) is 11.1. The van der Waals surface area contributed by atoms with Crippen molar-refractivity contribution in [2.75, 3.05) is 12.3 Å². The van der Waals surface area contributed by atoms with Crippen molar-refractivity contribution >= 4 is 21.7 Å². The van der Waals surface area contributed by atoms with Crippen LogP contribution in [0.2, 0.25) is 0 Å². The van der Waals surface area contributed by atoms with Gasteiger partial charge in [-0.1, -0.05) is 32.0 Å². The average molecular weight is 358 g/mol. The van der Waals surface area contributed by atoms with E-state index in [-0.39, 0.29) is 30.3 Å². The SMILES string of the molecule is CC(C)CC(CNS(=O)(=O)CCc1ccccc1[N+](=O)[O-])C(=O)O. The molecule has 9 heteroatoms. The first-order valence-electron chi connectivity index (χ1n) is 7.55.